The Morgan fingerprint density at radius 3 is 2.64 bits per heavy atom. The van der Waals surface area contributed by atoms with Crippen LogP contribution in [0.15, 0.2) is 75.9 Å². The van der Waals surface area contributed by atoms with E-state index in [1.807, 2.05) is 42.5 Å². The number of carbonyl (C=O) groups is 1. The van der Waals surface area contributed by atoms with Crippen LogP contribution >= 0.6 is 0 Å². The Morgan fingerprint density at radius 2 is 1.72 bits per heavy atom. The molecule has 4 rings (SSSR count). The molecule has 1 aromatic heterocycles. The second kappa shape index (κ2) is 6.28. The molecule has 25 heavy (non-hydrogen) atoms. The maximum Gasteiger partial charge on any atom is 0.420 e. The summed E-state index contributed by atoms with van der Waals surface area (Å²) in [5.41, 5.74) is 1.96. The summed E-state index contributed by atoms with van der Waals surface area (Å²) in [6.45, 7) is -0.0225. The van der Waals surface area contributed by atoms with Crippen LogP contribution < -0.4 is 5.76 Å². The molecular formula is C20H15NO4. The molecule has 5 heteroatoms. The van der Waals surface area contributed by atoms with Crippen molar-refractivity contribution in [1.29, 1.82) is 0 Å². The number of hydrogen-bond donors (Lipinski definition) is 0. The van der Waals surface area contributed by atoms with Gasteiger partial charge in [0.15, 0.2) is 5.58 Å². The van der Waals surface area contributed by atoms with Gasteiger partial charge in [0.2, 0.25) is 0 Å². The van der Waals surface area contributed by atoms with E-state index in [1.54, 1.807) is 24.3 Å². The number of oxazole rings is 1. The van der Waals surface area contributed by atoms with E-state index in [4.69, 9.17) is 9.15 Å². The first-order valence-electron chi connectivity index (χ1n) is 7.93. The van der Waals surface area contributed by atoms with E-state index in [1.165, 1.54) is 4.57 Å². The Hall–Kier alpha value is -3.34. The third-order valence-corrected chi connectivity index (χ3v) is 4.13. The number of nitrogens with zero attached hydrogens (tertiary/aromatic N) is 1. The number of fused-ring (bicyclic) bond motifs is 2. The van der Waals surface area contributed by atoms with Gasteiger partial charge in [0, 0.05) is 0 Å². The molecule has 3 aromatic carbocycles. The van der Waals surface area contributed by atoms with Crippen molar-refractivity contribution in [2.45, 2.75) is 13.2 Å². The van der Waals surface area contributed by atoms with Gasteiger partial charge < -0.3 is 9.15 Å². The number of aromatic nitrogens is 1. The number of esters is 1. The minimum Gasteiger partial charge on any atom is -0.459 e. The SMILES string of the molecule is O=C(Cn1c(=O)oc2ccccc21)OCc1cccc2ccccc12. The van der Waals surface area contributed by atoms with Crippen molar-refractivity contribution in [2.75, 3.05) is 0 Å². The highest BCUT2D eigenvalue weighted by molar-refractivity contribution is 5.85. The second-order valence-electron chi connectivity index (χ2n) is 5.72. The summed E-state index contributed by atoms with van der Waals surface area (Å²) in [5.74, 6) is -1.05. The molecule has 5 nitrogen and oxygen atoms in total. The predicted octanol–water partition coefficient (Wildman–Crippen LogP) is 3.49. The number of ether oxygens (including phenoxy) is 1. The normalized spacial score (nSPS) is 11.0. The van der Waals surface area contributed by atoms with Gasteiger partial charge in [-0.25, -0.2) is 4.79 Å². The van der Waals surface area contributed by atoms with Gasteiger partial charge in [-0.3, -0.25) is 9.36 Å². The standard InChI is InChI=1S/C20H15NO4/c22-19(12-21-17-10-3-4-11-18(17)25-20(21)23)24-13-15-8-5-7-14-6-1-2-9-16(14)15/h1-11H,12-13H2. The Labute approximate surface area is 143 Å². The van der Waals surface area contributed by atoms with Gasteiger partial charge in [0.25, 0.3) is 0 Å². The molecule has 0 spiro atoms. The summed E-state index contributed by atoms with van der Waals surface area (Å²) in [7, 11) is 0. The van der Waals surface area contributed by atoms with Crippen molar-refractivity contribution in [3.8, 4) is 0 Å². The molecule has 1 heterocycles. The van der Waals surface area contributed by atoms with Gasteiger partial charge >= 0.3 is 11.7 Å². The molecule has 0 atom stereocenters. The Kier molecular flexibility index (Phi) is 3.82. The quantitative estimate of drug-likeness (QED) is 0.536. The predicted molar refractivity (Wildman–Crippen MR) is 94.2 cm³/mol. The Bertz CT molecular complexity index is 1120. The maximum absolute atomic E-state index is 12.2. The molecule has 0 radical (unpaired) electrons. The van der Waals surface area contributed by atoms with Crippen LogP contribution in [-0.2, 0) is 22.7 Å². The van der Waals surface area contributed by atoms with E-state index in [-0.39, 0.29) is 13.2 Å². The summed E-state index contributed by atoms with van der Waals surface area (Å²) in [4.78, 5) is 24.1. The zero-order valence-corrected chi connectivity index (χ0v) is 13.3. The maximum atomic E-state index is 12.2. The molecule has 0 aliphatic rings. The molecule has 124 valence electrons. The molecule has 0 saturated carbocycles. The largest absolute Gasteiger partial charge is 0.459 e. The first kappa shape index (κ1) is 15.2. The van der Waals surface area contributed by atoms with E-state index in [9.17, 15) is 9.59 Å². The van der Waals surface area contributed by atoms with Crippen molar-refractivity contribution in [3.05, 3.63) is 82.8 Å². The zero-order chi connectivity index (χ0) is 17.2. The average molecular weight is 333 g/mol. The molecule has 0 aliphatic heterocycles. The first-order chi connectivity index (χ1) is 12.2. The molecule has 4 aromatic rings. The minimum absolute atomic E-state index is 0.157. The fraction of sp³-hybridized carbons (Fsp3) is 0.100. The number of hydrogen-bond acceptors (Lipinski definition) is 4. The minimum atomic E-state index is -0.566. The van der Waals surface area contributed by atoms with Gasteiger partial charge in [0.05, 0.1) is 5.52 Å². The van der Waals surface area contributed by atoms with Crippen LogP contribution in [0.25, 0.3) is 21.9 Å². The Balaban J connectivity index is 1.52. The topological polar surface area (TPSA) is 61.4 Å². The average Bonchev–Trinajstić information content (AvgIpc) is 2.95. The lowest BCUT2D eigenvalue weighted by Crippen LogP contribution is -2.21. The van der Waals surface area contributed by atoms with Crippen LogP contribution in [-0.4, -0.2) is 10.5 Å². The van der Waals surface area contributed by atoms with Gasteiger partial charge in [-0.05, 0) is 28.5 Å². The fourth-order valence-corrected chi connectivity index (χ4v) is 2.92. The van der Waals surface area contributed by atoms with Crippen LogP contribution in [0.5, 0.6) is 0 Å². The van der Waals surface area contributed by atoms with Crippen molar-refractivity contribution in [3.63, 3.8) is 0 Å². The lowest BCUT2D eigenvalue weighted by molar-refractivity contribution is -0.145. The van der Waals surface area contributed by atoms with Crippen LogP contribution in [0.2, 0.25) is 0 Å². The Morgan fingerprint density at radius 1 is 0.960 bits per heavy atom. The molecule has 0 unspecified atom stereocenters. The molecular weight excluding hydrogens is 318 g/mol. The van der Waals surface area contributed by atoms with Crippen molar-refractivity contribution < 1.29 is 13.9 Å². The van der Waals surface area contributed by atoms with Gasteiger partial charge in [0.1, 0.15) is 13.2 Å². The molecule has 0 N–H and O–H groups in total. The van der Waals surface area contributed by atoms with Gasteiger partial charge in [-0.2, -0.15) is 0 Å². The molecule has 0 fully saturated rings. The van der Waals surface area contributed by atoms with Crippen molar-refractivity contribution in [1.82, 2.24) is 4.57 Å². The molecule has 0 saturated heterocycles. The third-order valence-electron chi connectivity index (χ3n) is 4.13. The van der Waals surface area contributed by atoms with Crippen LogP contribution in [0, 0.1) is 0 Å². The summed E-state index contributed by atoms with van der Waals surface area (Å²) in [5, 5.41) is 2.14. The van der Waals surface area contributed by atoms with Gasteiger partial charge in [-0.15, -0.1) is 0 Å². The van der Waals surface area contributed by atoms with E-state index >= 15 is 0 Å². The summed E-state index contributed by atoms with van der Waals surface area (Å²) >= 11 is 0. The third kappa shape index (κ3) is 2.92. The highest BCUT2D eigenvalue weighted by Gasteiger charge is 2.13. The number of para-hydroxylation sites is 2. The van der Waals surface area contributed by atoms with Crippen LogP contribution in [0.4, 0.5) is 0 Å². The summed E-state index contributed by atoms with van der Waals surface area (Å²) in [6.07, 6.45) is 0. The highest BCUT2D eigenvalue weighted by atomic mass is 16.5. The van der Waals surface area contributed by atoms with Crippen molar-refractivity contribution in [2.24, 2.45) is 0 Å². The van der Waals surface area contributed by atoms with Crippen molar-refractivity contribution >= 4 is 27.8 Å². The molecule has 0 aliphatic carbocycles. The zero-order valence-electron chi connectivity index (χ0n) is 13.3. The summed E-state index contributed by atoms with van der Waals surface area (Å²) < 4.78 is 11.8. The van der Waals surface area contributed by atoms with E-state index < -0.39 is 11.7 Å². The monoisotopic (exact) mass is 333 g/mol. The first-order valence-corrected chi connectivity index (χ1v) is 7.93. The lowest BCUT2D eigenvalue weighted by Gasteiger charge is -2.08. The lowest BCUT2D eigenvalue weighted by atomic mass is 10.1. The molecule has 0 amide bonds. The smallest absolute Gasteiger partial charge is 0.420 e. The highest BCUT2D eigenvalue weighted by Crippen LogP contribution is 2.19. The van der Waals surface area contributed by atoms with Crippen LogP contribution in [0.3, 0.4) is 0 Å². The summed E-state index contributed by atoms with van der Waals surface area (Å²) in [6, 6.07) is 20.8. The number of carbonyl (C=O) groups excluding carboxylic acids is 1. The number of rotatable bonds is 4. The second-order valence-corrected chi connectivity index (χ2v) is 5.72. The van der Waals surface area contributed by atoms with E-state index in [0.717, 1.165) is 16.3 Å². The van der Waals surface area contributed by atoms with Crippen LogP contribution in [0.1, 0.15) is 5.56 Å². The number of benzene rings is 3. The molecule has 0 bridgehead atoms. The van der Waals surface area contributed by atoms with E-state index in [0.29, 0.717) is 11.1 Å². The fourth-order valence-electron chi connectivity index (χ4n) is 2.92. The van der Waals surface area contributed by atoms with E-state index in [2.05, 4.69) is 0 Å². The van der Waals surface area contributed by atoms with Gasteiger partial charge in [-0.1, -0.05) is 54.6 Å².